The molecule has 2 aromatic rings. The molecule has 0 saturated carbocycles. The van der Waals surface area contributed by atoms with Crippen molar-refractivity contribution in [2.75, 3.05) is 0 Å². The third-order valence-corrected chi connectivity index (χ3v) is 2.21. The van der Waals surface area contributed by atoms with E-state index in [-0.39, 0.29) is 23.3 Å². The van der Waals surface area contributed by atoms with Crippen molar-refractivity contribution in [1.82, 2.24) is 10.1 Å². The first-order valence-electron chi connectivity index (χ1n) is 5.20. The van der Waals surface area contributed by atoms with Crippen molar-refractivity contribution in [3.8, 4) is 11.4 Å². The van der Waals surface area contributed by atoms with E-state index in [1.54, 1.807) is 6.92 Å². The molecule has 18 heavy (non-hydrogen) atoms. The first-order valence-corrected chi connectivity index (χ1v) is 5.20. The predicted octanol–water partition coefficient (Wildman–Crippen LogP) is 2.04. The van der Waals surface area contributed by atoms with Gasteiger partial charge in [0.25, 0.3) is 0 Å². The van der Waals surface area contributed by atoms with Crippen LogP contribution < -0.4 is 5.73 Å². The highest BCUT2D eigenvalue weighted by Gasteiger charge is 2.15. The molecule has 1 atom stereocenters. The van der Waals surface area contributed by atoms with Gasteiger partial charge in [0.2, 0.25) is 11.7 Å². The number of benzene rings is 1. The summed E-state index contributed by atoms with van der Waals surface area (Å²) in [6.07, 6.45) is 0.346. The zero-order valence-electron chi connectivity index (χ0n) is 9.45. The molecule has 4 nitrogen and oxygen atoms in total. The van der Waals surface area contributed by atoms with Crippen LogP contribution in [0.1, 0.15) is 12.8 Å². The summed E-state index contributed by atoms with van der Waals surface area (Å²) in [4.78, 5) is 3.92. The van der Waals surface area contributed by atoms with E-state index in [4.69, 9.17) is 10.3 Å². The lowest BCUT2D eigenvalue weighted by Crippen LogP contribution is -2.17. The van der Waals surface area contributed by atoms with E-state index in [2.05, 4.69) is 10.1 Å². The van der Waals surface area contributed by atoms with Crippen LogP contribution >= 0.6 is 0 Å². The number of aromatic nitrogens is 2. The maximum Gasteiger partial charge on any atom is 0.228 e. The average molecular weight is 257 g/mol. The van der Waals surface area contributed by atoms with Gasteiger partial charge in [-0.05, 0) is 19.1 Å². The Labute approximate surface area is 101 Å². The van der Waals surface area contributed by atoms with Gasteiger partial charge in [0.15, 0.2) is 17.5 Å². The molecule has 96 valence electrons. The maximum absolute atomic E-state index is 13.0. The van der Waals surface area contributed by atoms with E-state index in [0.29, 0.717) is 6.42 Å². The Hall–Kier alpha value is -1.89. The second-order valence-electron chi connectivity index (χ2n) is 3.95. The van der Waals surface area contributed by atoms with Crippen molar-refractivity contribution in [3.63, 3.8) is 0 Å². The lowest BCUT2D eigenvalue weighted by molar-refractivity contribution is 0.372. The van der Waals surface area contributed by atoms with Crippen LogP contribution in [0.4, 0.5) is 13.2 Å². The first-order chi connectivity index (χ1) is 8.47. The molecule has 1 heterocycles. The molecule has 0 fully saturated rings. The number of nitrogens with zero attached hydrogens (tertiary/aromatic N) is 2. The molecule has 2 N–H and O–H groups in total. The minimum Gasteiger partial charge on any atom is -0.339 e. The normalized spacial score (nSPS) is 12.7. The smallest absolute Gasteiger partial charge is 0.228 e. The molecule has 0 saturated heterocycles. The van der Waals surface area contributed by atoms with E-state index in [0.717, 1.165) is 12.1 Å². The standard InChI is InChI=1S/C11H10F3N3O/c1-5(15)2-9-16-11(17-18-9)6-3-7(12)10(14)8(13)4-6/h3-5H,2,15H2,1H3. The molecule has 0 aliphatic carbocycles. The molecular formula is C11H10F3N3O. The Bertz CT molecular complexity index is 545. The zero-order chi connectivity index (χ0) is 13.3. The Morgan fingerprint density at radius 1 is 1.28 bits per heavy atom. The fraction of sp³-hybridized carbons (Fsp3) is 0.273. The summed E-state index contributed by atoms with van der Waals surface area (Å²) < 4.78 is 43.7. The summed E-state index contributed by atoms with van der Waals surface area (Å²) in [6, 6.07) is 1.43. The van der Waals surface area contributed by atoms with Gasteiger partial charge in [-0.2, -0.15) is 4.98 Å². The molecule has 7 heteroatoms. The molecule has 2 rings (SSSR count). The van der Waals surface area contributed by atoms with Crippen molar-refractivity contribution in [3.05, 3.63) is 35.5 Å². The summed E-state index contributed by atoms with van der Waals surface area (Å²) in [6.45, 7) is 1.75. The largest absolute Gasteiger partial charge is 0.339 e. The second-order valence-corrected chi connectivity index (χ2v) is 3.95. The summed E-state index contributed by atoms with van der Waals surface area (Å²) in [7, 11) is 0. The van der Waals surface area contributed by atoms with E-state index in [1.807, 2.05) is 0 Å². The van der Waals surface area contributed by atoms with Gasteiger partial charge in [-0.25, -0.2) is 13.2 Å². The van der Waals surface area contributed by atoms with Gasteiger partial charge < -0.3 is 10.3 Å². The summed E-state index contributed by atoms with van der Waals surface area (Å²) in [5.41, 5.74) is 5.55. The highest BCUT2D eigenvalue weighted by molar-refractivity contribution is 5.54. The van der Waals surface area contributed by atoms with Crippen LogP contribution in [0, 0.1) is 17.5 Å². The van der Waals surface area contributed by atoms with Gasteiger partial charge >= 0.3 is 0 Å². The maximum atomic E-state index is 13.0. The van der Waals surface area contributed by atoms with Crippen LogP contribution in [0.25, 0.3) is 11.4 Å². The molecule has 0 aliphatic heterocycles. The van der Waals surface area contributed by atoms with Gasteiger partial charge in [-0.15, -0.1) is 0 Å². The van der Waals surface area contributed by atoms with E-state index in [1.165, 1.54) is 0 Å². The molecule has 1 aromatic heterocycles. The van der Waals surface area contributed by atoms with Crippen LogP contribution in [-0.4, -0.2) is 16.2 Å². The molecule has 0 bridgehead atoms. The molecule has 1 unspecified atom stereocenters. The highest BCUT2D eigenvalue weighted by Crippen LogP contribution is 2.21. The van der Waals surface area contributed by atoms with E-state index < -0.39 is 17.5 Å². The van der Waals surface area contributed by atoms with Crippen molar-refractivity contribution in [2.24, 2.45) is 5.73 Å². The molecule has 0 amide bonds. The fourth-order valence-electron chi connectivity index (χ4n) is 1.42. The third-order valence-electron chi connectivity index (χ3n) is 2.21. The Morgan fingerprint density at radius 3 is 2.44 bits per heavy atom. The fourth-order valence-corrected chi connectivity index (χ4v) is 1.42. The Kier molecular flexibility index (Phi) is 3.33. The van der Waals surface area contributed by atoms with Gasteiger partial charge in [0.05, 0.1) is 0 Å². The van der Waals surface area contributed by atoms with Gasteiger partial charge in [0.1, 0.15) is 0 Å². The lowest BCUT2D eigenvalue weighted by Gasteiger charge is -1.98. The van der Waals surface area contributed by atoms with Crippen LogP contribution in [0.2, 0.25) is 0 Å². The SMILES string of the molecule is CC(N)Cc1nc(-c2cc(F)c(F)c(F)c2)no1. The topological polar surface area (TPSA) is 64.9 Å². The number of nitrogens with two attached hydrogens (primary N) is 1. The van der Waals surface area contributed by atoms with E-state index in [9.17, 15) is 13.2 Å². The molecule has 0 radical (unpaired) electrons. The highest BCUT2D eigenvalue weighted by atomic mass is 19.2. The monoisotopic (exact) mass is 257 g/mol. The van der Waals surface area contributed by atoms with Gasteiger partial charge in [0, 0.05) is 18.0 Å². The Balaban J connectivity index is 2.34. The molecule has 0 spiro atoms. The molecular weight excluding hydrogens is 247 g/mol. The molecule has 0 aliphatic rings. The second kappa shape index (κ2) is 4.77. The number of halogens is 3. The quantitative estimate of drug-likeness (QED) is 0.854. The van der Waals surface area contributed by atoms with Crippen LogP contribution in [-0.2, 0) is 6.42 Å². The first kappa shape index (κ1) is 12.6. The predicted molar refractivity (Wildman–Crippen MR) is 57.0 cm³/mol. The van der Waals surface area contributed by atoms with Crippen molar-refractivity contribution < 1.29 is 17.7 Å². The zero-order valence-corrected chi connectivity index (χ0v) is 9.45. The number of rotatable bonds is 3. The average Bonchev–Trinajstić information content (AvgIpc) is 2.72. The van der Waals surface area contributed by atoms with Crippen LogP contribution in [0.5, 0.6) is 0 Å². The van der Waals surface area contributed by atoms with Gasteiger partial charge in [-0.3, -0.25) is 0 Å². The summed E-state index contributed by atoms with van der Waals surface area (Å²) in [5.74, 6) is -3.89. The van der Waals surface area contributed by atoms with E-state index >= 15 is 0 Å². The number of hydrogen-bond donors (Lipinski definition) is 1. The summed E-state index contributed by atoms with van der Waals surface area (Å²) in [5, 5.41) is 3.55. The van der Waals surface area contributed by atoms with Crippen LogP contribution in [0.3, 0.4) is 0 Å². The lowest BCUT2D eigenvalue weighted by atomic mass is 10.2. The Morgan fingerprint density at radius 2 is 1.89 bits per heavy atom. The van der Waals surface area contributed by atoms with Crippen LogP contribution in [0.15, 0.2) is 16.7 Å². The van der Waals surface area contributed by atoms with Crippen molar-refractivity contribution in [1.29, 1.82) is 0 Å². The third kappa shape index (κ3) is 2.51. The number of hydrogen-bond acceptors (Lipinski definition) is 4. The minimum atomic E-state index is -1.53. The minimum absolute atomic E-state index is 0.00562. The van der Waals surface area contributed by atoms with Crippen molar-refractivity contribution in [2.45, 2.75) is 19.4 Å². The summed E-state index contributed by atoms with van der Waals surface area (Å²) >= 11 is 0. The van der Waals surface area contributed by atoms with Gasteiger partial charge in [-0.1, -0.05) is 5.16 Å². The molecule has 1 aromatic carbocycles. The van der Waals surface area contributed by atoms with Crippen molar-refractivity contribution >= 4 is 0 Å².